The van der Waals surface area contributed by atoms with Gasteiger partial charge in [-0.25, -0.2) is 0 Å². The smallest absolute Gasteiger partial charge is 0.0946 e. The van der Waals surface area contributed by atoms with Gasteiger partial charge in [-0.15, -0.1) is 0 Å². The molecule has 1 aromatic rings. The third-order valence-corrected chi connectivity index (χ3v) is 2.05. The Morgan fingerprint density at radius 2 is 2.27 bits per heavy atom. The van der Waals surface area contributed by atoms with Crippen molar-refractivity contribution in [2.24, 2.45) is 5.73 Å². The van der Waals surface area contributed by atoms with Gasteiger partial charge in [0, 0.05) is 7.41 Å². The van der Waals surface area contributed by atoms with E-state index in [0.717, 1.165) is 11.1 Å². The predicted octanol–water partition coefficient (Wildman–Crippen LogP) is 0.603. The zero-order chi connectivity index (χ0) is 8.72. The molecule has 0 saturated carbocycles. The minimum absolute atomic E-state index is 0.470. The third-order valence-electron chi connectivity index (χ3n) is 2.05. The molecule has 1 aliphatic rings. The molecule has 1 aromatic carbocycles. The second kappa shape index (κ2) is 2.32. The van der Waals surface area contributed by atoms with E-state index in [9.17, 15) is 5.11 Å². The van der Waals surface area contributed by atoms with Crippen LogP contribution in [0.3, 0.4) is 0 Å². The maximum atomic E-state index is 9.58. The normalized spacial score (nSPS) is 36.5. The molecule has 3 atom stereocenters. The number of rotatable bonds is 0. The number of aliphatic hydroxyl groups excluding tert-OH is 1. The van der Waals surface area contributed by atoms with Crippen LogP contribution in [0.25, 0.3) is 0 Å². The quantitative estimate of drug-likeness (QED) is 0.569. The Morgan fingerprint density at radius 1 is 1.55 bits per heavy atom. The molecule has 3 N–H and O–H groups in total. The van der Waals surface area contributed by atoms with Crippen LogP contribution in [0.2, 0.25) is 0 Å². The average molecular weight is 150 g/mol. The first-order valence-corrected chi connectivity index (χ1v) is 3.66. The summed E-state index contributed by atoms with van der Waals surface area (Å²) in [6.07, 6.45) is -1.14. The molecule has 58 valence electrons. The summed E-state index contributed by atoms with van der Waals surface area (Å²) in [6, 6.07) is 6.93. The van der Waals surface area contributed by atoms with Crippen LogP contribution in [0, 0.1) is 0 Å². The third kappa shape index (κ3) is 0.951. The Hall–Kier alpha value is -0.860. The SMILES string of the molecule is [2H][C@@H]1c2ccccc2[C@@H](O)[C@@H]1N. The lowest BCUT2D eigenvalue weighted by Gasteiger charge is -2.07. The van der Waals surface area contributed by atoms with Crippen LogP contribution in [0.15, 0.2) is 24.3 Å². The first-order valence-electron chi connectivity index (χ1n) is 4.24. The van der Waals surface area contributed by atoms with Crippen LogP contribution in [0.5, 0.6) is 0 Å². The van der Waals surface area contributed by atoms with Gasteiger partial charge in [0.15, 0.2) is 0 Å². The van der Waals surface area contributed by atoms with E-state index in [1.54, 1.807) is 0 Å². The maximum absolute atomic E-state index is 9.58. The Bertz CT molecular complexity index is 273. The summed E-state index contributed by atoms with van der Waals surface area (Å²) in [6.45, 7) is 0. The fourth-order valence-corrected chi connectivity index (χ4v) is 1.44. The minimum atomic E-state index is -0.663. The first-order chi connectivity index (χ1) is 5.72. The monoisotopic (exact) mass is 150 g/mol. The summed E-state index contributed by atoms with van der Waals surface area (Å²) < 4.78 is 7.67. The number of nitrogens with two attached hydrogens (primary N) is 1. The van der Waals surface area contributed by atoms with E-state index in [4.69, 9.17) is 7.10 Å². The molecular formula is C9H11NO. The van der Waals surface area contributed by atoms with Crippen molar-refractivity contribution in [1.82, 2.24) is 0 Å². The van der Waals surface area contributed by atoms with Gasteiger partial charge in [0.2, 0.25) is 0 Å². The molecule has 0 unspecified atom stereocenters. The highest BCUT2D eigenvalue weighted by atomic mass is 16.3. The summed E-state index contributed by atoms with van der Waals surface area (Å²) in [5, 5.41) is 9.58. The van der Waals surface area contributed by atoms with E-state index in [-0.39, 0.29) is 0 Å². The van der Waals surface area contributed by atoms with Gasteiger partial charge in [0.25, 0.3) is 0 Å². The molecule has 0 radical (unpaired) electrons. The molecule has 2 rings (SSSR count). The Morgan fingerprint density at radius 3 is 3.00 bits per heavy atom. The van der Waals surface area contributed by atoms with Crippen molar-refractivity contribution in [2.75, 3.05) is 0 Å². The van der Waals surface area contributed by atoms with E-state index in [1.807, 2.05) is 24.3 Å². The summed E-state index contributed by atoms with van der Waals surface area (Å²) in [7, 11) is 0. The van der Waals surface area contributed by atoms with Crippen molar-refractivity contribution < 1.29 is 6.48 Å². The number of benzene rings is 1. The van der Waals surface area contributed by atoms with Crippen LogP contribution in [0.1, 0.15) is 18.6 Å². The zero-order valence-corrected chi connectivity index (χ0v) is 6.07. The van der Waals surface area contributed by atoms with Crippen LogP contribution in [-0.4, -0.2) is 11.1 Å². The van der Waals surface area contributed by atoms with Gasteiger partial charge in [-0.3, -0.25) is 0 Å². The van der Waals surface area contributed by atoms with Crippen molar-refractivity contribution in [3.05, 3.63) is 35.4 Å². The number of fused-ring (bicyclic) bond motifs is 1. The van der Waals surface area contributed by atoms with Gasteiger partial charge in [0.05, 0.1) is 6.10 Å². The molecule has 11 heavy (non-hydrogen) atoms. The fourth-order valence-electron chi connectivity index (χ4n) is 1.44. The molecule has 2 nitrogen and oxygen atoms in total. The lowest BCUT2D eigenvalue weighted by molar-refractivity contribution is 0.159. The molecule has 0 bridgehead atoms. The first kappa shape index (κ1) is 5.75. The summed E-state index contributed by atoms with van der Waals surface area (Å²) >= 11 is 0. The van der Waals surface area contributed by atoms with Crippen LogP contribution >= 0.6 is 0 Å². The summed E-state index contributed by atoms with van der Waals surface area (Å²) in [4.78, 5) is 0. The number of hydrogen-bond donors (Lipinski definition) is 2. The zero-order valence-electron chi connectivity index (χ0n) is 7.07. The van der Waals surface area contributed by atoms with Gasteiger partial charge in [0.1, 0.15) is 0 Å². The molecule has 0 amide bonds. The molecular weight excluding hydrogens is 138 g/mol. The summed E-state index contributed by atoms with van der Waals surface area (Å²) in [5.41, 5.74) is 7.30. The van der Waals surface area contributed by atoms with Gasteiger partial charge < -0.3 is 10.8 Å². The van der Waals surface area contributed by atoms with E-state index in [1.165, 1.54) is 0 Å². The Kier molecular flexibility index (Phi) is 1.21. The average Bonchev–Trinajstić information content (AvgIpc) is 2.33. The van der Waals surface area contributed by atoms with Crippen molar-refractivity contribution >= 4 is 0 Å². The van der Waals surface area contributed by atoms with E-state index < -0.39 is 18.5 Å². The molecule has 0 aromatic heterocycles. The number of hydrogen-bond acceptors (Lipinski definition) is 2. The lowest BCUT2D eigenvalue weighted by Crippen LogP contribution is -2.24. The van der Waals surface area contributed by atoms with Gasteiger partial charge in [-0.2, -0.15) is 0 Å². The van der Waals surface area contributed by atoms with E-state index in [0.29, 0.717) is 0 Å². The topological polar surface area (TPSA) is 46.2 Å². The number of aliphatic hydroxyl groups is 1. The van der Waals surface area contributed by atoms with Crippen molar-refractivity contribution in [1.29, 1.82) is 0 Å². The lowest BCUT2D eigenvalue weighted by atomic mass is 10.1. The fraction of sp³-hybridized carbons (Fsp3) is 0.333. The Labute approximate surface area is 67.1 Å². The van der Waals surface area contributed by atoms with Gasteiger partial charge in [-0.1, -0.05) is 24.3 Å². The van der Waals surface area contributed by atoms with Crippen molar-refractivity contribution in [3.8, 4) is 0 Å². The van der Waals surface area contributed by atoms with Crippen LogP contribution in [-0.2, 0) is 6.40 Å². The molecule has 0 saturated heterocycles. The highest BCUT2D eigenvalue weighted by Gasteiger charge is 2.26. The Balaban J connectivity index is 2.52. The van der Waals surface area contributed by atoms with E-state index in [2.05, 4.69) is 0 Å². The minimum Gasteiger partial charge on any atom is -0.387 e. The molecule has 0 aliphatic heterocycles. The second-order valence-electron chi connectivity index (χ2n) is 2.82. The molecule has 0 heterocycles. The van der Waals surface area contributed by atoms with Gasteiger partial charge in [-0.05, 0) is 17.5 Å². The van der Waals surface area contributed by atoms with Crippen LogP contribution in [0.4, 0.5) is 0 Å². The standard InChI is InChI=1S/C9H11NO/c10-8-5-6-3-1-2-4-7(6)9(8)11/h1-4,8-9,11H,5,10H2/t8-,9-/m1/s1/i5D/t5-,8-,9-. The molecule has 0 spiro atoms. The molecule has 2 heteroatoms. The largest absolute Gasteiger partial charge is 0.387 e. The van der Waals surface area contributed by atoms with Gasteiger partial charge >= 0.3 is 0 Å². The molecule has 1 aliphatic carbocycles. The highest BCUT2D eigenvalue weighted by Crippen LogP contribution is 2.29. The maximum Gasteiger partial charge on any atom is 0.0946 e. The van der Waals surface area contributed by atoms with E-state index >= 15 is 0 Å². The summed E-state index contributed by atoms with van der Waals surface area (Å²) in [5.74, 6) is 0. The predicted molar refractivity (Wildman–Crippen MR) is 43.1 cm³/mol. The van der Waals surface area contributed by atoms with Crippen molar-refractivity contribution in [3.63, 3.8) is 0 Å². The highest BCUT2D eigenvalue weighted by molar-refractivity contribution is 5.35. The molecule has 0 fully saturated rings. The second-order valence-corrected chi connectivity index (χ2v) is 2.82. The van der Waals surface area contributed by atoms with Crippen molar-refractivity contribution in [2.45, 2.75) is 18.5 Å². The van der Waals surface area contributed by atoms with Crippen LogP contribution < -0.4 is 5.73 Å².